The average Bonchev–Trinajstić information content (AvgIpc) is 2.60. The van der Waals surface area contributed by atoms with Crippen LogP contribution >= 0.6 is 0 Å². The number of carbonyl (C=O) groups is 1. The Balaban J connectivity index is 1.71. The molecular weight excluding hydrogens is 280 g/mol. The summed E-state index contributed by atoms with van der Waals surface area (Å²) in [4.78, 5) is 16.4. The number of hydrogen-bond donors (Lipinski definition) is 0. The molecule has 1 aromatic heterocycles. The summed E-state index contributed by atoms with van der Waals surface area (Å²) in [5.74, 6) is -0.410. The molecule has 0 amide bonds. The van der Waals surface area contributed by atoms with E-state index in [4.69, 9.17) is 9.47 Å². The molecule has 2 aromatic rings. The summed E-state index contributed by atoms with van der Waals surface area (Å²) in [6.45, 7) is 1.18. The van der Waals surface area contributed by atoms with Crippen LogP contribution in [0.4, 0.5) is 0 Å². The second kappa shape index (κ2) is 6.12. The summed E-state index contributed by atoms with van der Waals surface area (Å²) < 4.78 is 10.6. The molecule has 0 aliphatic carbocycles. The van der Waals surface area contributed by atoms with Crippen LogP contribution in [0.5, 0.6) is 0 Å². The molecule has 1 aromatic carbocycles. The summed E-state index contributed by atoms with van der Waals surface area (Å²) in [6.07, 6.45) is 2.90. The van der Waals surface area contributed by atoms with E-state index in [0.717, 1.165) is 10.9 Å². The summed E-state index contributed by atoms with van der Waals surface area (Å²) in [5, 5.41) is 10.2. The minimum Gasteiger partial charge on any atom is -0.460 e. The molecule has 1 aliphatic rings. The number of esters is 1. The van der Waals surface area contributed by atoms with Gasteiger partial charge < -0.3 is 9.47 Å². The van der Waals surface area contributed by atoms with E-state index < -0.39 is 11.4 Å². The topological polar surface area (TPSA) is 72.2 Å². The Bertz CT molecular complexity index is 730. The van der Waals surface area contributed by atoms with E-state index in [-0.39, 0.29) is 6.61 Å². The van der Waals surface area contributed by atoms with Crippen molar-refractivity contribution in [3.63, 3.8) is 0 Å². The van der Waals surface area contributed by atoms with E-state index in [9.17, 15) is 10.1 Å². The van der Waals surface area contributed by atoms with Crippen LogP contribution in [-0.4, -0.2) is 30.8 Å². The number of pyridine rings is 1. The zero-order valence-electron chi connectivity index (χ0n) is 12.1. The van der Waals surface area contributed by atoms with Crippen molar-refractivity contribution in [1.82, 2.24) is 4.98 Å². The Morgan fingerprint density at radius 1 is 1.36 bits per heavy atom. The highest BCUT2D eigenvalue weighted by atomic mass is 16.5. The van der Waals surface area contributed by atoms with E-state index in [2.05, 4.69) is 11.1 Å². The van der Waals surface area contributed by atoms with Crippen molar-refractivity contribution in [2.24, 2.45) is 5.41 Å². The maximum Gasteiger partial charge on any atom is 0.338 e. The van der Waals surface area contributed by atoms with Crippen molar-refractivity contribution in [1.29, 1.82) is 5.26 Å². The molecule has 1 saturated heterocycles. The summed E-state index contributed by atoms with van der Waals surface area (Å²) >= 11 is 0. The maximum absolute atomic E-state index is 12.2. The predicted molar refractivity (Wildman–Crippen MR) is 80.1 cm³/mol. The molecule has 5 heteroatoms. The minimum atomic E-state index is -0.619. The highest BCUT2D eigenvalue weighted by molar-refractivity contribution is 5.94. The van der Waals surface area contributed by atoms with Crippen LogP contribution in [0.3, 0.4) is 0 Å². The number of rotatable bonds is 3. The molecule has 0 bridgehead atoms. The Kier molecular flexibility index (Phi) is 4.03. The maximum atomic E-state index is 12.2. The molecule has 0 spiro atoms. The fourth-order valence-electron chi connectivity index (χ4n) is 2.54. The van der Waals surface area contributed by atoms with Gasteiger partial charge in [0.1, 0.15) is 6.61 Å². The third-order valence-corrected chi connectivity index (χ3v) is 4.01. The smallest absolute Gasteiger partial charge is 0.338 e. The van der Waals surface area contributed by atoms with Crippen LogP contribution in [-0.2, 0) is 9.47 Å². The van der Waals surface area contributed by atoms with Gasteiger partial charge in [-0.1, -0.05) is 6.07 Å². The number of benzene rings is 1. The zero-order chi connectivity index (χ0) is 15.4. The first kappa shape index (κ1) is 14.5. The predicted octanol–water partition coefficient (Wildman–Crippen LogP) is 2.71. The molecule has 0 N–H and O–H groups in total. The molecule has 5 nitrogen and oxygen atoms in total. The Hall–Kier alpha value is -2.45. The number of fused-ring (bicyclic) bond motifs is 1. The molecule has 0 radical (unpaired) electrons. The van der Waals surface area contributed by atoms with E-state index >= 15 is 0 Å². The van der Waals surface area contributed by atoms with Crippen molar-refractivity contribution in [3.05, 3.63) is 42.1 Å². The highest BCUT2D eigenvalue weighted by Crippen LogP contribution is 2.30. The molecule has 22 heavy (non-hydrogen) atoms. The fraction of sp³-hybridized carbons (Fsp3) is 0.353. The van der Waals surface area contributed by atoms with Gasteiger partial charge in [0, 0.05) is 24.8 Å². The lowest BCUT2D eigenvalue weighted by Crippen LogP contribution is -2.33. The molecule has 0 unspecified atom stereocenters. The number of aromatic nitrogens is 1. The van der Waals surface area contributed by atoms with Crippen LogP contribution in [0.1, 0.15) is 23.2 Å². The normalized spacial score (nSPS) is 16.9. The van der Waals surface area contributed by atoms with Gasteiger partial charge in [-0.05, 0) is 37.1 Å². The third kappa shape index (κ3) is 2.92. The van der Waals surface area contributed by atoms with Gasteiger partial charge in [0.05, 0.1) is 22.6 Å². The number of ether oxygens (including phenoxy) is 2. The summed E-state index contributed by atoms with van der Waals surface area (Å²) in [7, 11) is 0. The van der Waals surface area contributed by atoms with Crippen LogP contribution in [0, 0.1) is 16.7 Å². The summed E-state index contributed by atoms with van der Waals surface area (Å²) in [6, 6.07) is 11.3. The van der Waals surface area contributed by atoms with Crippen molar-refractivity contribution in [3.8, 4) is 6.07 Å². The van der Waals surface area contributed by atoms with Crippen molar-refractivity contribution >= 4 is 16.9 Å². The van der Waals surface area contributed by atoms with Crippen LogP contribution in [0.25, 0.3) is 10.9 Å². The average molecular weight is 296 g/mol. The second-order valence-corrected chi connectivity index (χ2v) is 5.49. The number of hydrogen-bond acceptors (Lipinski definition) is 5. The first-order valence-corrected chi connectivity index (χ1v) is 7.23. The van der Waals surface area contributed by atoms with Gasteiger partial charge in [0.2, 0.25) is 0 Å². The van der Waals surface area contributed by atoms with Gasteiger partial charge in [-0.2, -0.15) is 5.26 Å². The highest BCUT2D eigenvalue weighted by Gasteiger charge is 2.34. The van der Waals surface area contributed by atoms with Gasteiger partial charge in [-0.25, -0.2) is 4.79 Å². The van der Waals surface area contributed by atoms with Crippen molar-refractivity contribution in [2.75, 3.05) is 19.8 Å². The molecule has 3 rings (SSSR count). The summed E-state index contributed by atoms with van der Waals surface area (Å²) in [5.41, 5.74) is 0.685. The van der Waals surface area contributed by atoms with Crippen LogP contribution in [0.15, 0.2) is 36.5 Å². The van der Waals surface area contributed by atoms with Gasteiger partial charge in [-0.3, -0.25) is 4.98 Å². The largest absolute Gasteiger partial charge is 0.460 e. The molecule has 0 atom stereocenters. The number of nitrogens with zero attached hydrogens (tertiary/aromatic N) is 2. The molecule has 2 heterocycles. The lowest BCUT2D eigenvalue weighted by Gasteiger charge is -2.29. The van der Waals surface area contributed by atoms with E-state index in [1.54, 1.807) is 24.4 Å². The van der Waals surface area contributed by atoms with E-state index in [0.29, 0.717) is 31.6 Å². The molecule has 1 fully saturated rings. The lowest BCUT2D eigenvalue weighted by atomic mass is 9.83. The molecule has 1 aliphatic heterocycles. The third-order valence-electron chi connectivity index (χ3n) is 4.01. The number of carbonyl (C=O) groups excluding carboxylic acids is 1. The quantitative estimate of drug-likeness (QED) is 0.814. The second-order valence-electron chi connectivity index (χ2n) is 5.49. The molecule has 112 valence electrons. The van der Waals surface area contributed by atoms with Crippen LogP contribution in [0.2, 0.25) is 0 Å². The molecular formula is C17H16N2O3. The SMILES string of the molecule is N#CC1(COC(=O)c2ccc3ncccc3c2)CCOCC1. The fourth-order valence-corrected chi connectivity index (χ4v) is 2.54. The van der Waals surface area contributed by atoms with Gasteiger partial charge in [0.25, 0.3) is 0 Å². The standard InChI is InChI=1S/C17H16N2O3/c18-11-17(5-8-21-9-6-17)12-22-16(20)14-3-4-15-13(10-14)2-1-7-19-15/h1-4,7,10H,5-6,8-9,12H2. The van der Waals surface area contributed by atoms with Crippen LogP contribution < -0.4 is 0 Å². The van der Waals surface area contributed by atoms with Gasteiger partial charge in [-0.15, -0.1) is 0 Å². The Morgan fingerprint density at radius 3 is 2.95 bits per heavy atom. The van der Waals surface area contributed by atoms with Gasteiger partial charge >= 0.3 is 5.97 Å². The number of nitriles is 1. The monoisotopic (exact) mass is 296 g/mol. The molecule has 0 saturated carbocycles. The zero-order valence-corrected chi connectivity index (χ0v) is 12.1. The first-order chi connectivity index (χ1) is 10.7. The van der Waals surface area contributed by atoms with Crippen molar-refractivity contribution < 1.29 is 14.3 Å². The van der Waals surface area contributed by atoms with E-state index in [1.807, 2.05) is 12.1 Å². The lowest BCUT2D eigenvalue weighted by molar-refractivity contribution is -0.00465. The first-order valence-electron chi connectivity index (χ1n) is 7.23. The van der Waals surface area contributed by atoms with Gasteiger partial charge in [0.15, 0.2) is 0 Å². The van der Waals surface area contributed by atoms with Crippen molar-refractivity contribution in [2.45, 2.75) is 12.8 Å². The van der Waals surface area contributed by atoms with E-state index in [1.165, 1.54) is 0 Å². The Labute approximate surface area is 128 Å². The minimum absolute atomic E-state index is 0.108. The Morgan fingerprint density at radius 2 is 2.18 bits per heavy atom.